The second-order valence-electron chi connectivity index (χ2n) is 6.97. The molecule has 29 heavy (non-hydrogen) atoms. The molecule has 1 saturated carbocycles. The second kappa shape index (κ2) is 13.4. The molecule has 0 amide bonds. The van der Waals surface area contributed by atoms with Crippen LogP contribution in [-0.2, 0) is 17.8 Å². The van der Waals surface area contributed by atoms with E-state index >= 15 is 0 Å². The van der Waals surface area contributed by atoms with Crippen molar-refractivity contribution >= 4 is 12.2 Å². The fourth-order valence-electron chi connectivity index (χ4n) is 3.44. The number of pyridine rings is 2. The number of nitrogens with zero attached hydrogens (tertiary/aromatic N) is 3. The van der Waals surface area contributed by atoms with E-state index in [4.69, 9.17) is 9.94 Å². The summed E-state index contributed by atoms with van der Waals surface area (Å²) in [6.07, 6.45) is 15.7. The first-order chi connectivity index (χ1) is 13.2. The summed E-state index contributed by atoms with van der Waals surface area (Å²) in [4.78, 5) is 12.4. The summed E-state index contributed by atoms with van der Waals surface area (Å²) >= 11 is 0. The van der Waals surface area contributed by atoms with Crippen LogP contribution in [0.3, 0.4) is 0 Å². The molecule has 0 unspecified atom stereocenters. The topological polar surface area (TPSA) is 66.7 Å². The number of oxime groups is 1. The van der Waals surface area contributed by atoms with Crippen molar-refractivity contribution in [1.82, 2.24) is 0 Å². The molecule has 6 nitrogen and oxygen atoms in total. The Morgan fingerprint density at radius 2 is 1.72 bits per heavy atom. The van der Waals surface area contributed by atoms with Crippen LogP contribution < -0.4 is 43.1 Å². The van der Waals surface area contributed by atoms with Gasteiger partial charge in [0.1, 0.15) is 11.7 Å². The molecule has 3 rings (SSSR count). The van der Waals surface area contributed by atoms with E-state index in [1.54, 1.807) is 0 Å². The molecule has 0 saturated heterocycles. The monoisotopic (exact) mass is 527 g/mol. The van der Waals surface area contributed by atoms with Crippen molar-refractivity contribution in [3.8, 4) is 0 Å². The van der Waals surface area contributed by atoms with E-state index in [1.807, 2.05) is 53.6 Å². The maximum atomic E-state index is 12.4. The quantitative estimate of drug-likeness (QED) is 0.134. The van der Waals surface area contributed by atoms with Crippen LogP contribution in [0.1, 0.15) is 54.4 Å². The van der Waals surface area contributed by atoms with Crippen LogP contribution in [-0.4, -0.2) is 23.5 Å². The smallest absolute Gasteiger partial charge is 0.344 e. The summed E-state index contributed by atoms with van der Waals surface area (Å²) in [5, 5.41) is 11.7. The number of hydrogen-bond donors (Lipinski definition) is 1. The number of aromatic nitrogens is 2. The summed E-state index contributed by atoms with van der Waals surface area (Å²) in [5.41, 5.74) is 1.46. The Balaban J connectivity index is 0.00000210. The zero-order valence-corrected chi connectivity index (χ0v) is 19.5. The van der Waals surface area contributed by atoms with E-state index in [0.717, 1.165) is 50.8 Å². The van der Waals surface area contributed by atoms with Gasteiger partial charge in [-0.1, -0.05) is 11.6 Å². The van der Waals surface area contributed by atoms with Crippen LogP contribution in [0.2, 0.25) is 0 Å². The minimum absolute atomic E-state index is 0. The predicted octanol–water partition coefficient (Wildman–Crippen LogP) is -3.34. The molecule has 0 aliphatic heterocycles. The highest BCUT2D eigenvalue weighted by Gasteiger charge is 2.20. The van der Waals surface area contributed by atoms with E-state index < -0.39 is 0 Å². The van der Waals surface area contributed by atoms with E-state index in [1.165, 1.54) is 12.6 Å². The van der Waals surface area contributed by atoms with Crippen molar-refractivity contribution in [1.29, 1.82) is 0 Å². The molecular weight excluding hydrogens is 502 g/mol. The highest BCUT2D eigenvalue weighted by atomic mass is 79.9. The molecule has 0 atom stereocenters. The normalized spacial score (nSPS) is 14.1. The summed E-state index contributed by atoms with van der Waals surface area (Å²) in [6, 6.07) is 7.51. The standard InChI is InChI=1S/C21H26N3O3.2BrH/c25-21(27-20-9-2-1-3-10-20)19-8-5-12-24(17-19)14-6-13-23-11-4-7-18(16-23)15-22-26;;/h4-5,7-8,11-12,15-17,20H,1-3,6,9-10,13-14H2;2*1H/q+1;;/p-1/b22-15+;;. The second-order valence-corrected chi connectivity index (χ2v) is 6.97. The molecule has 1 N–H and O–H groups in total. The first kappa shape index (κ1) is 25.2. The fraction of sp³-hybridized carbons (Fsp3) is 0.429. The van der Waals surface area contributed by atoms with E-state index in [2.05, 4.69) is 9.72 Å². The Kier molecular flexibility index (Phi) is 11.7. The zero-order chi connectivity index (χ0) is 18.9. The summed E-state index contributed by atoms with van der Waals surface area (Å²) < 4.78 is 9.73. The predicted molar refractivity (Wildman–Crippen MR) is 99.6 cm³/mol. The van der Waals surface area contributed by atoms with Crippen molar-refractivity contribution in [3.63, 3.8) is 0 Å². The third kappa shape index (κ3) is 8.22. The molecular formula is C21H27Br2N3O3. The van der Waals surface area contributed by atoms with E-state index in [-0.39, 0.29) is 46.0 Å². The van der Waals surface area contributed by atoms with Crippen molar-refractivity contribution < 1.29 is 57.8 Å². The lowest BCUT2D eigenvalue weighted by Crippen LogP contribution is -3.00. The Bertz CT molecular complexity index is 796. The zero-order valence-electron chi connectivity index (χ0n) is 16.3. The van der Waals surface area contributed by atoms with Crippen LogP contribution >= 0.6 is 0 Å². The van der Waals surface area contributed by atoms with Crippen LogP contribution in [0.25, 0.3) is 0 Å². The van der Waals surface area contributed by atoms with Gasteiger partial charge in [-0.05, 0) is 37.8 Å². The van der Waals surface area contributed by atoms with Gasteiger partial charge in [-0.15, -0.1) is 0 Å². The Morgan fingerprint density at radius 3 is 2.41 bits per heavy atom. The lowest BCUT2D eigenvalue weighted by atomic mass is 9.98. The van der Waals surface area contributed by atoms with Gasteiger partial charge in [0, 0.05) is 12.1 Å². The largest absolute Gasteiger partial charge is 1.00 e. The van der Waals surface area contributed by atoms with Gasteiger partial charge in [0.15, 0.2) is 37.9 Å². The summed E-state index contributed by atoms with van der Waals surface area (Å²) in [5.74, 6) is -0.221. The number of carbonyl (C=O) groups is 1. The van der Waals surface area contributed by atoms with Gasteiger partial charge in [0.05, 0.1) is 18.2 Å². The first-order valence-electron chi connectivity index (χ1n) is 9.61. The lowest BCUT2D eigenvalue weighted by Gasteiger charge is -2.21. The number of hydrogen-bond acceptors (Lipinski definition) is 4. The molecule has 1 fully saturated rings. The first-order valence-corrected chi connectivity index (χ1v) is 9.61. The van der Waals surface area contributed by atoms with Gasteiger partial charge < -0.3 is 43.9 Å². The highest BCUT2D eigenvalue weighted by Crippen LogP contribution is 2.21. The average Bonchev–Trinajstić information content (AvgIpc) is 2.70. The minimum atomic E-state index is -0.221. The molecule has 158 valence electrons. The van der Waals surface area contributed by atoms with Crippen LogP contribution in [0.4, 0.5) is 0 Å². The Morgan fingerprint density at radius 1 is 1.07 bits per heavy atom. The number of rotatable bonds is 7. The molecule has 0 spiro atoms. The van der Waals surface area contributed by atoms with Crippen molar-refractivity contribution in [3.05, 3.63) is 60.2 Å². The van der Waals surface area contributed by atoms with Crippen molar-refractivity contribution in [2.45, 2.75) is 57.7 Å². The Labute approximate surface area is 192 Å². The molecule has 2 aromatic rings. The van der Waals surface area contributed by atoms with Gasteiger partial charge >= 0.3 is 5.97 Å². The number of aryl methyl sites for hydroxylation is 2. The SMILES string of the molecule is O=C(OC1CCCCC1)c1ccc[n+](CCC[n+]2cccc(/C=N/O)c2)c1.[Br-].[Br-]. The average molecular weight is 529 g/mol. The van der Waals surface area contributed by atoms with Crippen LogP contribution in [0.5, 0.6) is 0 Å². The van der Waals surface area contributed by atoms with Gasteiger partial charge in [-0.25, -0.2) is 13.9 Å². The molecule has 0 radical (unpaired) electrons. The molecule has 0 aromatic carbocycles. The number of esters is 1. The lowest BCUT2D eigenvalue weighted by molar-refractivity contribution is -0.727. The summed E-state index contributed by atoms with van der Waals surface area (Å²) in [6.45, 7) is 1.63. The number of ether oxygens (including phenoxy) is 1. The number of carbonyl (C=O) groups excluding carboxylic acids is 1. The van der Waals surface area contributed by atoms with Crippen LogP contribution in [0.15, 0.2) is 54.2 Å². The maximum Gasteiger partial charge on any atom is 0.344 e. The van der Waals surface area contributed by atoms with E-state index in [0.29, 0.717) is 5.56 Å². The fourth-order valence-corrected chi connectivity index (χ4v) is 3.44. The van der Waals surface area contributed by atoms with Gasteiger partial charge in [0.2, 0.25) is 0 Å². The summed E-state index contributed by atoms with van der Waals surface area (Å²) in [7, 11) is 0. The number of halogens is 2. The minimum Gasteiger partial charge on any atom is -1.00 e. The molecule has 0 bridgehead atoms. The third-order valence-electron chi connectivity index (χ3n) is 4.84. The van der Waals surface area contributed by atoms with Gasteiger partial charge in [-0.2, -0.15) is 0 Å². The van der Waals surface area contributed by atoms with Gasteiger partial charge in [-0.3, -0.25) is 0 Å². The van der Waals surface area contributed by atoms with Crippen molar-refractivity contribution in [2.75, 3.05) is 0 Å². The highest BCUT2D eigenvalue weighted by molar-refractivity contribution is 5.88. The van der Waals surface area contributed by atoms with E-state index in [9.17, 15) is 4.79 Å². The van der Waals surface area contributed by atoms with Crippen molar-refractivity contribution in [2.24, 2.45) is 5.16 Å². The maximum absolute atomic E-state index is 12.4. The Hall–Kier alpha value is -1.80. The van der Waals surface area contributed by atoms with Gasteiger partial charge in [0.25, 0.3) is 0 Å². The molecule has 1 aliphatic carbocycles. The molecule has 2 heterocycles. The van der Waals surface area contributed by atoms with Crippen LogP contribution in [0, 0.1) is 0 Å². The molecule has 1 aliphatic rings. The molecule has 2 aromatic heterocycles. The third-order valence-corrected chi connectivity index (χ3v) is 4.84. The molecule has 8 heteroatoms.